The van der Waals surface area contributed by atoms with Crippen molar-refractivity contribution >= 4 is 17.2 Å². The highest BCUT2D eigenvalue weighted by Crippen LogP contribution is 2.24. The maximum atomic E-state index is 12.9. The van der Waals surface area contributed by atoms with Crippen LogP contribution in [0.15, 0.2) is 29.6 Å². The molecule has 5 nitrogen and oxygen atoms in total. The number of carbonyl (C=O) groups excluding carboxylic acids is 1. The SMILES string of the molecule is CC(C)(C)c1csc(CN2CCN(C(=O)COc3ccc(F)cc3)CC2)n1. The summed E-state index contributed by atoms with van der Waals surface area (Å²) in [6.07, 6.45) is 0. The highest BCUT2D eigenvalue weighted by Gasteiger charge is 2.23. The zero-order valence-corrected chi connectivity index (χ0v) is 16.9. The first-order valence-corrected chi connectivity index (χ1v) is 10.0. The van der Waals surface area contributed by atoms with Gasteiger partial charge in [0.25, 0.3) is 5.91 Å². The summed E-state index contributed by atoms with van der Waals surface area (Å²) in [5.41, 5.74) is 1.21. The van der Waals surface area contributed by atoms with Crippen molar-refractivity contribution < 1.29 is 13.9 Å². The number of benzene rings is 1. The Morgan fingerprint density at radius 3 is 2.44 bits per heavy atom. The molecule has 1 aliphatic rings. The third-order valence-corrected chi connectivity index (χ3v) is 5.41. The Bertz CT molecular complexity index is 762. The number of carbonyl (C=O) groups is 1. The molecule has 0 saturated carbocycles. The number of thiazole rings is 1. The summed E-state index contributed by atoms with van der Waals surface area (Å²) in [5, 5.41) is 3.27. The van der Waals surface area contributed by atoms with Crippen LogP contribution >= 0.6 is 11.3 Å². The van der Waals surface area contributed by atoms with E-state index in [2.05, 4.69) is 31.1 Å². The van der Waals surface area contributed by atoms with Gasteiger partial charge >= 0.3 is 0 Å². The van der Waals surface area contributed by atoms with Crippen molar-refractivity contribution in [2.75, 3.05) is 32.8 Å². The molecule has 1 saturated heterocycles. The molecule has 0 spiro atoms. The van der Waals surface area contributed by atoms with Crippen LogP contribution in [0.4, 0.5) is 4.39 Å². The number of amides is 1. The molecule has 0 N–H and O–H groups in total. The van der Waals surface area contributed by atoms with E-state index in [-0.39, 0.29) is 23.7 Å². The first-order valence-electron chi connectivity index (χ1n) is 9.14. The van der Waals surface area contributed by atoms with E-state index in [1.807, 2.05) is 4.90 Å². The molecule has 1 amide bonds. The van der Waals surface area contributed by atoms with Gasteiger partial charge < -0.3 is 9.64 Å². The fourth-order valence-electron chi connectivity index (χ4n) is 2.84. The second-order valence-corrected chi connectivity index (χ2v) is 8.72. The molecular formula is C20H26FN3O2S. The maximum absolute atomic E-state index is 12.9. The van der Waals surface area contributed by atoms with E-state index in [0.29, 0.717) is 18.8 Å². The molecule has 146 valence electrons. The van der Waals surface area contributed by atoms with Crippen molar-refractivity contribution in [3.05, 3.63) is 46.2 Å². The standard InChI is InChI=1S/C20H26FN3O2S/c1-20(2,3)17-14-27-18(22-17)12-23-8-10-24(11-9-23)19(25)13-26-16-6-4-15(21)5-7-16/h4-7,14H,8-13H2,1-3H3. The Labute approximate surface area is 163 Å². The summed E-state index contributed by atoms with van der Waals surface area (Å²) in [6, 6.07) is 5.70. The largest absolute Gasteiger partial charge is 0.484 e. The summed E-state index contributed by atoms with van der Waals surface area (Å²) >= 11 is 1.70. The normalized spacial score (nSPS) is 15.8. The van der Waals surface area contributed by atoms with Crippen LogP contribution in [0.1, 0.15) is 31.5 Å². The zero-order chi connectivity index (χ0) is 19.4. The topological polar surface area (TPSA) is 45.7 Å². The fraction of sp³-hybridized carbons (Fsp3) is 0.500. The summed E-state index contributed by atoms with van der Waals surface area (Å²) in [5.74, 6) is 0.143. The van der Waals surface area contributed by atoms with Crippen molar-refractivity contribution in [1.82, 2.24) is 14.8 Å². The van der Waals surface area contributed by atoms with Crippen LogP contribution in [-0.4, -0.2) is 53.5 Å². The molecule has 1 fully saturated rings. The number of nitrogens with zero attached hydrogens (tertiary/aromatic N) is 3. The van der Waals surface area contributed by atoms with Gasteiger partial charge in [0.15, 0.2) is 6.61 Å². The lowest BCUT2D eigenvalue weighted by Gasteiger charge is -2.34. The first kappa shape index (κ1) is 19.8. The third kappa shape index (κ3) is 5.49. The quantitative estimate of drug-likeness (QED) is 0.785. The minimum Gasteiger partial charge on any atom is -0.484 e. The number of hydrogen-bond acceptors (Lipinski definition) is 5. The number of ether oxygens (including phenoxy) is 1. The number of hydrogen-bond donors (Lipinski definition) is 0. The molecule has 0 aliphatic carbocycles. The predicted molar refractivity (Wildman–Crippen MR) is 105 cm³/mol. The molecule has 0 radical (unpaired) electrons. The van der Waals surface area contributed by atoms with Crippen LogP contribution in [0.25, 0.3) is 0 Å². The Balaban J connectivity index is 1.43. The third-order valence-electron chi connectivity index (χ3n) is 4.58. The summed E-state index contributed by atoms with van der Waals surface area (Å²) in [7, 11) is 0. The Kier molecular flexibility index (Phi) is 6.11. The molecular weight excluding hydrogens is 365 g/mol. The molecule has 7 heteroatoms. The van der Waals surface area contributed by atoms with Crippen molar-refractivity contribution in [2.24, 2.45) is 0 Å². The van der Waals surface area contributed by atoms with Gasteiger partial charge in [-0.2, -0.15) is 0 Å². The lowest BCUT2D eigenvalue weighted by atomic mass is 9.93. The minimum absolute atomic E-state index is 0.0208. The highest BCUT2D eigenvalue weighted by molar-refractivity contribution is 7.09. The average Bonchev–Trinajstić information content (AvgIpc) is 3.10. The molecule has 1 aromatic carbocycles. The van der Waals surface area contributed by atoms with Crippen LogP contribution in [0, 0.1) is 5.82 Å². The van der Waals surface area contributed by atoms with Gasteiger partial charge in [-0.15, -0.1) is 11.3 Å². The van der Waals surface area contributed by atoms with Gasteiger partial charge in [-0.25, -0.2) is 9.37 Å². The van der Waals surface area contributed by atoms with Crippen LogP contribution in [-0.2, 0) is 16.8 Å². The van der Waals surface area contributed by atoms with E-state index < -0.39 is 0 Å². The molecule has 0 bridgehead atoms. The Morgan fingerprint density at radius 1 is 1.19 bits per heavy atom. The summed E-state index contributed by atoms with van der Waals surface area (Å²) < 4.78 is 18.3. The number of aromatic nitrogens is 1. The maximum Gasteiger partial charge on any atom is 0.260 e. The van der Waals surface area contributed by atoms with E-state index in [1.54, 1.807) is 11.3 Å². The second kappa shape index (κ2) is 8.35. The fourth-order valence-corrected chi connectivity index (χ4v) is 3.90. The van der Waals surface area contributed by atoms with Gasteiger partial charge in [0.1, 0.15) is 16.6 Å². The van der Waals surface area contributed by atoms with Gasteiger partial charge in [-0.1, -0.05) is 20.8 Å². The van der Waals surface area contributed by atoms with Gasteiger partial charge in [-0.05, 0) is 24.3 Å². The molecule has 2 aromatic rings. The Morgan fingerprint density at radius 2 is 1.85 bits per heavy atom. The monoisotopic (exact) mass is 391 g/mol. The van der Waals surface area contributed by atoms with Gasteiger partial charge in [0.05, 0.1) is 12.2 Å². The van der Waals surface area contributed by atoms with Crippen LogP contribution < -0.4 is 4.74 Å². The van der Waals surface area contributed by atoms with Crippen molar-refractivity contribution in [3.63, 3.8) is 0 Å². The van der Waals surface area contributed by atoms with E-state index in [9.17, 15) is 9.18 Å². The predicted octanol–water partition coefficient (Wildman–Crippen LogP) is 3.30. The molecule has 3 rings (SSSR count). The van der Waals surface area contributed by atoms with Crippen LogP contribution in [0.3, 0.4) is 0 Å². The van der Waals surface area contributed by atoms with E-state index in [0.717, 1.165) is 30.3 Å². The summed E-state index contributed by atoms with van der Waals surface area (Å²) in [6.45, 7) is 10.3. The lowest BCUT2D eigenvalue weighted by Crippen LogP contribution is -2.49. The van der Waals surface area contributed by atoms with Crippen LogP contribution in [0.5, 0.6) is 5.75 Å². The van der Waals surface area contributed by atoms with Crippen molar-refractivity contribution in [1.29, 1.82) is 0 Å². The molecule has 2 heterocycles. The number of halogens is 1. The zero-order valence-electron chi connectivity index (χ0n) is 16.1. The Hall–Kier alpha value is -1.99. The van der Waals surface area contributed by atoms with E-state index in [1.165, 1.54) is 24.3 Å². The first-order chi connectivity index (χ1) is 12.8. The molecule has 27 heavy (non-hydrogen) atoms. The molecule has 1 aromatic heterocycles. The van der Waals surface area contributed by atoms with Gasteiger partial charge in [0, 0.05) is 37.0 Å². The molecule has 0 atom stereocenters. The van der Waals surface area contributed by atoms with Gasteiger partial charge in [-0.3, -0.25) is 9.69 Å². The van der Waals surface area contributed by atoms with Crippen molar-refractivity contribution in [2.45, 2.75) is 32.7 Å². The second-order valence-electron chi connectivity index (χ2n) is 7.78. The average molecular weight is 392 g/mol. The van der Waals surface area contributed by atoms with Crippen molar-refractivity contribution in [3.8, 4) is 5.75 Å². The van der Waals surface area contributed by atoms with E-state index >= 15 is 0 Å². The number of rotatable bonds is 5. The molecule has 1 aliphatic heterocycles. The smallest absolute Gasteiger partial charge is 0.260 e. The lowest BCUT2D eigenvalue weighted by molar-refractivity contribution is -0.135. The number of piperazine rings is 1. The van der Waals surface area contributed by atoms with Gasteiger partial charge in [0.2, 0.25) is 0 Å². The van der Waals surface area contributed by atoms with Crippen LogP contribution in [0.2, 0.25) is 0 Å². The molecule has 0 unspecified atom stereocenters. The van der Waals surface area contributed by atoms with E-state index in [4.69, 9.17) is 9.72 Å². The highest BCUT2D eigenvalue weighted by atomic mass is 32.1. The minimum atomic E-state index is -0.320. The summed E-state index contributed by atoms with van der Waals surface area (Å²) in [4.78, 5) is 21.2.